The molecule has 4 rings (SSSR count). The Hall–Kier alpha value is -4.33. The third-order valence-corrected chi connectivity index (χ3v) is 5.57. The molecule has 0 aliphatic carbocycles. The molecule has 0 bridgehead atoms. The number of benzene rings is 3. The van der Waals surface area contributed by atoms with E-state index in [0.717, 1.165) is 29.9 Å². The van der Waals surface area contributed by atoms with Crippen molar-refractivity contribution in [1.82, 2.24) is 4.98 Å². The Morgan fingerprint density at radius 1 is 0.889 bits per heavy atom. The molecule has 0 aliphatic heterocycles. The van der Waals surface area contributed by atoms with Gasteiger partial charge in [-0.2, -0.15) is 13.2 Å². The van der Waals surface area contributed by atoms with Gasteiger partial charge >= 0.3 is 6.18 Å². The number of nitrogens with one attached hydrogen (secondary N) is 2. The molecule has 1 heterocycles. The lowest BCUT2D eigenvalue weighted by molar-refractivity contribution is -0.137. The fourth-order valence-corrected chi connectivity index (χ4v) is 3.76. The summed E-state index contributed by atoms with van der Waals surface area (Å²) in [5, 5.41) is 6.17. The first-order valence-corrected chi connectivity index (χ1v) is 11.2. The van der Waals surface area contributed by atoms with Crippen LogP contribution < -0.4 is 15.4 Å². The van der Waals surface area contributed by atoms with Crippen molar-refractivity contribution in [2.24, 2.45) is 0 Å². The second kappa shape index (κ2) is 10.9. The summed E-state index contributed by atoms with van der Waals surface area (Å²) >= 11 is 0. The zero-order valence-electron chi connectivity index (χ0n) is 19.5. The van der Waals surface area contributed by atoms with Crippen LogP contribution in [0.25, 0.3) is 11.1 Å². The zero-order valence-corrected chi connectivity index (χ0v) is 19.5. The van der Waals surface area contributed by atoms with Crippen LogP contribution >= 0.6 is 0 Å². The molecule has 8 heteroatoms. The highest BCUT2D eigenvalue weighted by Gasteiger charge is 2.30. The minimum absolute atomic E-state index is 0.284. The maximum Gasteiger partial charge on any atom is 0.416 e. The van der Waals surface area contributed by atoms with Crippen LogP contribution in [0.3, 0.4) is 0 Å². The quantitative estimate of drug-likeness (QED) is 0.289. The number of ether oxygens (including phenoxy) is 1. The van der Waals surface area contributed by atoms with Crippen LogP contribution in [0.5, 0.6) is 5.75 Å². The molecule has 0 aliphatic rings. The van der Waals surface area contributed by atoms with Crippen LogP contribution in [-0.2, 0) is 12.6 Å². The van der Waals surface area contributed by atoms with Crippen LogP contribution in [0.2, 0.25) is 0 Å². The number of hydrogen-bond acceptors (Lipinski definition) is 4. The van der Waals surface area contributed by atoms with Crippen LogP contribution in [0.1, 0.15) is 21.6 Å². The average molecular weight is 492 g/mol. The number of carbonyl (C=O) groups excluding carboxylic acids is 1. The summed E-state index contributed by atoms with van der Waals surface area (Å²) in [4.78, 5) is 17.4. The number of methoxy groups -OCH3 is 1. The highest BCUT2D eigenvalue weighted by molar-refractivity contribution is 6.09. The average Bonchev–Trinajstić information content (AvgIpc) is 2.89. The minimum Gasteiger partial charge on any atom is -0.496 e. The van der Waals surface area contributed by atoms with Gasteiger partial charge in [0.1, 0.15) is 5.75 Å². The van der Waals surface area contributed by atoms with E-state index in [9.17, 15) is 18.0 Å². The number of nitrogens with zero attached hydrogens (tertiary/aromatic N) is 1. The molecule has 0 atom stereocenters. The summed E-state index contributed by atoms with van der Waals surface area (Å²) in [6.45, 7) is 0.711. The van der Waals surface area contributed by atoms with Crippen LogP contribution in [-0.4, -0.2) is 24.5 Å². The van der Waals surface area contributed by atoms with Crippen molar-refractivity contribution in [3.63, 3.8) is 0 Å². The van der Waals surface area contributed by atoms with Gasteiger partial charge in [-0.05, 0) is 66.2 Å². The van der Waals surface area contributed by atoms with E-state index < -0.39 is 17.6 Å². The Balaban J connectivity index is 1.48. The Kier molecular flexibility index (Phi) is 7.53. The predicted octanol–water partition coefficient (Wildman–Crippen LogP) is 6.68. The van der Waals surface area contributed by atoms with Gasteiger partial charge in [0.2, 0.25) is 0 Å². The molecule has 1 aromatic heterocycles. The fourth-order valence-electron chi connectivity index (χ4n) is 3.76. The number of pyridine rings is 1. The highest BCUT2D eigenvalue weighted by atomic mass is 19.4. The van der Waals surface area contributed by atoms with E-state index in [1.807, 2.05) is 30.3 Å². The summed E-state index contributed by atoms with van der Waals surface area (Å²) in [7, 11) is 1.45. The van der Waals surface area contributed by atoms with Crippen LogP contribution in [0.4, 0.5) is 24.5 Å². The van der Waals surface area contributed by atoms with E-state index in [4.69, 9.17) is 4.74 Å². The molecule has 0 saturated heterocycles. The number of alkyl halides is 3. The summed E-state index contributed by atoms with van der Waals surface area (Å²) in [6, 6.07) is 22.6. The summed E-state index contributed by atoms with van der Waals surface area (Å²) < 4.78 is 44.4. The fraction of sp³-hybridized carbons (Fsp3) is 0.143. The third kappa shape index (κ3) is 6.02. The molecule has 0 saturated carbocycles. The smallest absolute Gasteiger partial charge is 0.416 e. The third-order valence-electron chi connectivity index (χ3n) is 5.57. The second-order valence-corrected chi connectivity index (χ2v) is 7.99. The molecule has 36 heavy (non-hydrogen) atoms. The Bertz CT molecular complexity index is 1310. The topological polar surface area (TPSA) is 63.2 Å². The van der Waals surface area contributed by atoms with E-state index in [-0.39, 0.29) is 5.56 Å². The predicted molar refractivity (Wildman–Crippen MR) is 134 cm³/mol. The number of aromatic nitrogens is 1. The van der Waals surface area contributed by atoms with Crippen molar-refractivity contribution in [1.29, 1.82) is 0 Å². The molecule has 2 N–H and O–H groups in total. The molecule has 5 nitrogen and oxygen atoms in total. The van der Waals surface area contributed by atoms with Crippen molar-refractivity contribution >= 4 is 17.3 Å². The van der Waals surface area contributed by atoms with Gasteiger partial charge in [0.25, 0.3) is 5.91 Å². The SMILES string of the molecule is COc1cccc(C(=O)Nc2ccc(NCCc3ccccn3)cc2)c1-c1ccc(C(F)(F)F)cc1. The van der Waals surface area contributed by atoms with Crippen molar-refractivity contribution in [2.45, 2.75) is 12.6 Å². The molecular weight excluding hydrogens is 467 g/mol. The number of rotatable bonds is 8. The van der Waals surface area contributed by atoms with Crippen LogP contribution in [0, 0.1) is 0 Å². The summed E-state index contributed by atoms with van der Waals surface area (Å²) in [5.41, 5.74) is 2.85. The number of hydrogen-bond donors (Lipinski definition) is 2. The van der Waals surface area contributed by atoms with Gasteiger partial charge in [0.05, 0.1) is 18.2 Å². The number of anilines is 2. The normalized spacial score (nSPS) is 11.1. The highest BCUT2D eigenvalue weighted by Crippen LogP contribution is 2.36. The largest absolute Gasteiger partial charge is 0.496 e. The molecule has 0 fully saturated rings. The summed E-state index contributed by atoms with van der Waals surface area (Å²) in [6.07, 6.45) is -1.90. The van der Waals surface area contributed by atoms with Gasteiger partial charge in [0, 0.05) is 41.8 Å². The first-order chi connectivity index (χ1) is 17.3. The van der Waals surface area contributed by atoms with Gasteiger partial charge in [0.15, 0.2) is 0 Å². The van der Waals surface area contributed by atoms with Gasteiger partial charge in [-0.1, -0.05) is 24.3 Å². The second-order valence-electron chi connectivity index (χ2n) is 7.99. The number of amides is 1. The summed E-state index contributed by atoms with van der Waals surface area (Å²) in [5.74, 6) is -0.0190. The standard InChI is InChI=1S/C28H24F3N3O2/c1-36-25-7-4-6-24(26(25)19-8-10-20(11-9-19)28(29,30)31)27(35)34-23-14-12-22(13-15-23)33-18-16-21-5-2-3-17-32-21/h2-15,17,33H,16,18H2,1H3,(H,34,35). The van der Waals surface area contributed by atoms with Crippen molar-refractivity contribution in [2.75, 3.05) is 24.3 Å². The minimum atomic E-state index is -4.45. The monoisotopic (exact) mass is 491 g/mol. The van der Waals surface area contributed by atoms with Gasteiger partial charge in [-0.25, -0.2) is 0 Å². The maximum absolute atomic E-state index is 13.1. The molecule has 1 amide bonds. The number of halogens is 3. The van der Waals surface area contributed by atoms with E-state index in [2.05, 4.69) is 15.6 Å². The van der Waals surface area contributed by atoms with Gasteiger partial charge in [-0.3, -0.25) is 9.78 Å². The number of carbonyl (C=O) groups is 1. The van der Waals surface area contributed by atoms with Crippen molar-refractivity contribution in [3.05, 3.63) is 108 Å². The van der Waals surface area contributed by atoms with Gasteiger partial charge in [-0.15, -0.1) is 0 Å². The lowest BCUT2D eigenvalue weighted by Crippen LogP contribution is -2.14. The lowest BCUT2D eigenvalue weighted by Gasteiger charge is -2.15. The zero-order chi connectivity index (χ0) is 25.5. The maximum atomic E-state index is 13.1. The van der Waals surface area contributed by atoms with E-state index in [1.165, 1.54) is 19.2 Å². The first kappa shape index (κ1) is 24.8. The molecular formula is C28H24F3N3O2. The molecule has 0 radical (unpaired) electrons. The van der Waals surface area contributed by atoms with E-state index in [0.29, 0.717) is 29.1 Å². The Morgan fingerprint density at radius 3 is 2.25 bits per heavy atom. The molecule has 184 valence electrons. The van der Waals surface area contributed by atoms with Crippen LogP contribution in [0.15, 0.2) is 91.1 Å². The molecule has 0 spiro atoms. The van der Waals surface area contributed by atoms with E-state index in [1.54, 1.807) is 36.5 Å². The molecule has 4 aromatic rings. The van der Waals surface area contributed by atoms with Gasteiger partial charge < -0.3 is 15.4 Å². The van der Waals surface area contributed by atoms with E-state index >= 15 is 0 Å². The molecule has 0 unspecified atom stereocenters. The van der Waals surface area contributed by atoms with Crippen molar-refractivity contribution in [3.8, 4) is 16.9 Å². The Labute approximate surface area is 207 Å². The Morgan fingerprint density at radius 2 is 1.61 bits per heavy atom. The lowest BCUT2D eigenvalue weighted by atomic mass is 9.96. The molecule has 3 aromatic carbocycles. The van der Waals surface area contributed by atoms with Crippen molar-refractivity contribution < 1.29 is 22.7 Å². The first-order valence-electron chi connectivity index (χ1n) is 11.2.